The van der Waals surface area contributed by atoms with E-state index in [2.05, 4.69) is 16.0 Å². The molecule has 0 heterocycles. The SMILES string of the molecule is COc1ccc(C)cc1NC(=O)C(NCCNC(C)=O)c1ccccc1.O=C(O)C(=O)O. The molecule has 0 aliphatic carbocycles. The molecule has 0 fully saturated rings. The fourth-order valence-corrected chi connectivity index (χ4v) is 2.59. The lowest BCUT2D eigenvalue weighted by molar-refractivity contribution is -0.159. The molecule has 0 bridgehead atoms. The fourth-order valence-electron chi connectivity index (χ4n) is 2.59. The van der Waals surface area contributed by atoms with E-state index < -0.39 is 18.0 Å². The summed E-state index contributed by atoms with van der Waals surface area (Å²) in [5, 5.41) is 23.6. The first-order chi connectivity index (χ1) is 15.1. The molecule has 0 saturated carbocycles. The maximum Gasteiger partial charge on any atom is 0.414 e. The van der Waals surface area contributed by atoms with Crippen molar-refractivity contribution < 1.29 is 34.1 Å². The van der Waals surface area contributed by atoms with Crippen LogP contribution in [0.15, 0.2) is 48.5 Å². The summed E-state index contributed by atoms with van der Waals surface area (Å²) in [5.41, 5.74) is 2.50. The summed E-state index contributed by atoms with van der Waals surface area (Å²) in [6, 6.07) is 14.5. The summed E-state index contributed by atoms with van der Waals surface area (Å²) < 4.78 is 5.33. The molecule has 10 heteroatoms. The Morgan fingerprint density at radius 1 is 0.969 bits per heavy atom. The number of carbonyl (C=O) groups is 4. The molecule has 1 atom stereocenters. The predicted molar refractivity (Wildman–Crippen MR) is 118 cm³/mol. The Balaban J connectivity index is 0.000000751. The van der Waals surface area contributed by atoms with E-state index >= 15 is 0 Å². The van der Waals surface area contributed by atoms with Gasteiger partial charge in [-0.25, -0.2) is 9.59 Å². The molecule has 2 amide bonds. The Bertz CT molecular complexity index is 920. The number of rotatable bonds is 8. The second-order valence-electron chi connectivity index (χ2n) is 6.58. The van der Waals surface area contributed by atoms with Crippen molar-refractivity contribution in [1.29, 1.82) is 0 Å². The first kappa shape index (κ1) is 26.1. The Hall–Kier alpha value is -3.92. The summed E-state index contributed by atoms with van der Waals surface area (Å²) in [4.78, 5) is 42.1. The number of amides is 2. The standard InChI is InChI=1S/C20H25N3O3.C2H2O4/c1-14-9-10-18(26-3)17(13-14)23-20(25)19(16-7-5-4-6-8-16)22-12-11-21-15(2)24;3-1(4)2(5)6/h4-10,13,19,22H,11-12H2,1-3H3,(H,21,24)(H,23,25);(H,3,4)(H,5,6). The van der Waals surface area contributed by atoms with Crippen LogP contribution in [-0.2, 0) is 19.2 Å². The number of anilines is 1. The summed E-state index contributed by atoms with van der Waals surface area (Å²) in [6.45, 7) is 4.33. The number of methoxy groups -OCH3 is 1. The van der Waals surface area contributed by atoms with Crippen molar-refractivity contribution in [2.24, 2.45) is 0 Å². The van der Waals surface area contributed by atoms with Gasteiger partial charge < -0.3 is 30.9 Å². The van der Waals surface area contributed by atoms with Gasteiger partial charge >= 0.3 is 11.9 Å². The molecule has 32 heavy (non-hydrogen) atoms. The van der Waals surface area contributed by atoms with Crippen molar-refractivity contribution in [3.05, 3.63) is 59.7 Å². The van der Waals surface area contributed by atoms with Crippen molar-refractivity contribution in [3.63, 3.8) is 0 Å². The number of aryl methyl sites for hydroxylation is 1. The van der Waals surface area contributed by atoms with Crippen molar-refractivity contribution in [1.82, 2.24) is 10.6 Å². The van der Waals surface area contributed by atoms with E-state index in [0.29, 0.717) is 24.5 Å². The normalized spacial score (nSPS) is 10.7. The minimum absolute atomic E-state index is 0.1000. The van der Waals surface area contributed by atoms with E-state index in [1.54, 1.807) is 7.11 Å². The number of benzene rings is 2. The van der Waals surface area contributed by atoms with Crippen LogP contribution in [-0.4, -0.2) is 54.2 Å². The molecular weight excluding hydrogens is 418 g/mol. The van der Waals surface area contributed by atoms with E-state index in [0.717, 1.165) is 11.1 Å². The lowest BCUT2D eigenvalue weighted by atomic mass is 10.1. The zero-order valence-electron chi connectivity index (χ0n) is 18.0. The molecule has 2 rings (SSSR count). The van der Waals surface area contributed by atoms with Crippen molar-refractivity contribution in [2.45, 2.75) is 19.9 Å². The van der Waals surface area contributed by atoms with Gasteiger partial charge in [-0.1, -0.05) is 36.4 Å². The maximum atomic E-state index is 12.9. The zero-order valence-corrected chi connectivity index (χ0v) is 18.0. The van der Waals surface area contributed by atoms with Crippen LogP contribution in [0, 0.1) is 6.92 Å². The average Bonchev–Trinajstić information content (AvgIpc) is 2.74. The number of hydrogen-bond donors (Lipinski definition) is 5. The maximum absolute atomic E-state index is 12.9. The highest BCUT2D eigenvalue weighted by molar-refractivity contribution is 6.27. The average molecular weight is 445 g/mol. The molecule has 172 valence electrons. The smallest absolute Gasteiger partial charge is 0.414 e. The number of nitrogens with one attached hydrogen (secondary N) is 3. The van der Waals surface area contributed by atoms with Gasteiger partial charge in [-0.2, -0.15) is 0 Å². The number of carboxylic acid groups (broad SMARTS) is 2. The third-order valence-corrected chi connectivity index (χ3v) is 4.04. The van der Waals surface area contributed by atoms with Crippen LogP contribution in [0.25, 0.3) is 0 Å². The monoisotopic (exact) mass is 445 g/mol. The molecule has 0 spiro atoms. The van der Waals surface area contributed by atoms with Gasteiger partial charge in [0.1, 0.15) is 11.8 Å². The number of carboxylic acids is 2. The number of aliphatic carboxylic acids is 2. The first-order valence-electron chi connectivity index (χ1n) is 9.60. The van der Waals surface area contributed by atoms with Crippen LogP contribution >= 0.6 is 0 Å². The van der Waals surface area contributed by atoms with Gasteiger partial charge in [-0.05, 0) is 30.2 Å². The Labute approximate surface area is 185 Å². The highest BCUT2D eigenvalue weighted by Gasteiger charge is 2.21. The molecular formula is C22H27N3O7. The van der Waals surface area contributed by atoms with Gasteiger partial charge in [0.2, 0.25) is 11.8 Å². The van der Waals surface area contributed by atoms with Crippen molar-refractivity contribution >= 4 is 29.4 Å². The van der Waals surface area contributed by atoms with Gasteiger partial charge in [0.25, 0.3) is 0 Å². The molecule has 0 radical (unpaired) electrons. The Morgan fingerprint density at radius 2 is 1.59 bits per heavy atom. The largest absolute Gasteiger partial charge is 0.495 e. The Morgan fingerprint density at radius 3 is 2.12 bits per heavy atom. The summed E-state index contributed by atoms with van der Waals surface area (Å²) in [6.07, 6.45) is 0. The van der Waals surface area contributed by atoms with E-state index in [4.69, 9.17) is 24.5 Å². The fraction of sp³-hybridized carbons (Fsp3) is 0.273. The second-order valence-corrected chi connectivity index (χ2v) is 6.58. The molecule has 2 aromatic carbocycles. The van der Waals surface area contributed by atoms with Crippen LogP contribution in [0.3, 0.4) is 0 Å². The van der Waals surface area contributed by atoms with Gasteiger partial charge in [0.05, 0.1) is 12.8 Å². The minimum atomic E-state index is -1.82. The molecule has 0 aliphatic heterocycles. The molecule has 0 aromatic heterocycles. The number of ether oxygens (including phenoxy) is 1. The molecule has 5 N–H and O–H groups in total. The second kappa shape index (κ2) is 13.4. The van der Waals surface area contributed by atoms with Gasteiger partial charge in [0, 0.05) is 20.0 Å². The van der Waals surface area contributed by atoms with E-state index in [-0.39, 0.29) is 11.8 Å². The topological polar surface area (TPSA) is 154 Å². The minimum Gasteiger partial charge on any atom is -0.495 e. The summed E-state index contributed by atoms with van der Waals surface area (Å²) in [5.74, 6) is -3.33. The highest BCUT2D eigenvalue weighted by Crippen LogP contribution is 2.26. The van der Waals surface area contributed by atoms with Crippen LogP contribution in [0.5, 0.6) is 5.75 Å². The van der Waals surface area contributed by atoms with E-state index in [1.807, 2.05) is 55.5 Å². The van der Waals surface area contributed by atoms with E-state index in [9.17, 15) is 9.59 Å². The van der Waals surface area contributed by atoms with Gasteiger partial charge in [-0.3, -0.25) is 9.59 Å². The van der Waals surface area contributed by atoms with Crippen LogP contribution in [0.2, 0.25) is 0 Å². The number of carbonyl (C=O) groups excluding carboxylic acids is 2. The third-order valence-electron chi connectivity index (χ3n) is 4.04. The highest BCUT2D eigenvalue weighted by atomic mass is 16.5. The van der Waals surface area contributed by atoms with Gasteiger partial charge in [-0.15, -0.1) is 0 Å². The molecule has 10 nitrogen and oxygen atoms in total. The quantitative estimate of drug-likeness (QED) is 0.303. The zero-order chi connectivity index (χ0) is 24.1. The summed E-state index contributed by atoms with van der Waals surface area (Å²) >= 11 is 0. The number of hydrogen-bond acceptors (Lipinski definition) is 6. The lowest BCUT2D eigenvalue weighted by Crippen LogP contribution is -2.37. The van der Waals surface area contributed by atoms with Crippen LogP contribution in [0.1, 0.15) is 24.1 Å². The summed E-state index contributed by atoms with van der Waals surface area (Å²) in [7, 11) is 1.57. The Kier molecular flexibility index (Phi) is 10.9. The molecule has 0 aliphatic rings. The van der Waals surface area contributed by atoms with Crippen LogP contribution in [0.4, 0.5) is 5.69 Å². The van der Waals surface area contributed by atoms with Crippen molar-refractivity contribution in [3.8, 4) is 5.75 Å². The molecule has 2 aromatic rings. The molecule has 0 saturated heterocycles. The first-order valence-corrected chi connectivity index (χ1v) is 9.60. The lowest BCUT2D eigenvalue weighted by Gasteiger charge is -2.20. The van der Waals surface area contributed by atoms with Crippen LogP contribution < -0.4 is 20.7 Å². The van der Waals surface area contributed by atoms with E-state index in [1.165, 1.54) is 6.92 Å². The molecule has 1 unspecified atom stereocenters. The third kappa shape index (κ3) is 9.26. The predicted octanol–water partition coefficient (Wildman–Crippen LogP) is 1.56. The van der Waals surface area contributed by atoms with Gasteiger partial charge in [0.15, 0.2) is 0 Å². The van der Waals surface area contributed by atoms with Crippen molar-refractivity contribution in [2.75, 3.05) is 25.5 Å².